The summed E-state index contributed by atoms with van der Waals surface area (Å²) < 4.78 is 2.17. The van der Waals surface area contributed by atoms with E-state index in [1.165, 1.54) is 18.7 Å². The Morgan fingerprint density at radius 3 is 3.00 bits per heavy atom. The SMILES string of the molecule is Cn1c(C2CC2)nc2cc(CNCC(=O)O)ccc21. The lowest BCUT2D eigenvalue weighted by molar-refractivity contribution is -0.135. The van der Waals surface area contributed by atoms with E-state index < -0.39 is 5.97 Å². The molecule has 1 heterocycles. The van der Waals surface area contributed by atoms with E-state index in [1.54, 1.807) is 0 Å². The Balaban J connectivity index is 1.82. The van der Waals surface area contributed by atoms with Crippen LogP contribution in [0.2, 0.25) is 0 Å². The maximum atomic E-state index is 10.5. The molecule has 0 bridgehead atoms. The number of nitrogens with one attached hydrogen (secondary N) is 1. The van der Waals surface area contributed by atoms with Crippen molar-refractivity contribution < 1.29 is 9.90 Å². The number of imidazole rings is 1. The van der Waals surface area contributed by atoms with Crippen LogP contribution in [0.4, 0.5) is 0 Å². The summed E-state index contributed by atoms with van der Waals surface area (Å²) in [4.78, 5) is 15.2. The number of carbonyl (C=O) groups is 1. The summed E-state index contributed by atoms with van der Waals surface area (Å²) in [5.41, 5.74) is 3.21. The van der Waals surface area contributed by atoms with Crippen LogP contribution in [0.1, 0.15) is 30.1 Å². The van der Waals surface area contributed by atoms with Gasteiger partial charge in [0, 0.05) is 19.5 Å². The molecule has 5 heteroatoms. The van der Waals surface area contributed by atoms with Gasteiger partial charge in [-0.25, -0.2) is 4.98 Å². The van der Waals surface area contributed by atoms with Crippen LogP contribution in [0.5, 0.6) is 0 Å². The number of carboxylic acid groups (broad SMARTS) is 1. The summed E-state index contributed by atoms with van der Waals surface area (Å²) in [6.45, 7) is 0.533. The Bertz CT molecular complexity index is 629. The van der Waals surface area contributed by atoms with Gasteiger partial charge in [-0.05, 0) is 30.5 Å². The Kier molecular flexibility index (Phi) is 2.98. The van der Waals surface area contributed by atoms with Crippen molar-refractivity contribution in [2.24, 2.45) is 7.05 Å². The van der Waals surface area contributed by atoms with E-state index >= 15 is 0 Å². The lowest BCUT2D eigenvalue weighted by atomic mass is 10.2. The molecule has 100 valence electrons. The lowest BCUT2D eigenvalue weighted by Crippen LogP contribution is -2.21. The van der Waals surface area contributed by atoms with Crippen LogP contribution in [0.25, 0.3) is 11.0 Å². The number of nitrogens with zero attached hydrogens (tertiary/aromatic N) is 2. The molecule has 2 N–H and O–H groups in total. The fraction of sp³-hybridized carbons (Fsp3) is 0.429. The molecule has 19 heavy (non-hydrogen) atoms. The normalized spacial score (nSPS) is 15.0. The number of carboxylic acids is 1. The van der Waals surface area contributed by atoms with Gasteiger partial charge in [-0.15, -0.1) is 0 Å². The van der Waals surface area contributed by atoms with Crippen LogP contribution >= 0.6 is 0 Å². The van der Waals surface area contributed by atoms with Gasteiger partial charge >= 0.3 is 5.97 Å². The standard InChI is InChI=1S/C14H17N3O2/c1-17-12-5-2-9(7-15-8-13(18)19)6-11(12)16-14(17)10-3-4-10/h2,5-6,10,15H,3-4,7-8H2,1H3,(H,18,19). The molecule has 1 aliphatic carbocycles. The first-order valence-corrected chi connectivity index (χ1v) is 6.53. The fourth-order valence-electron chi connectivity index (χ4n) is 2.39. The minimum atomic E-state index is -0.838. The predicted octanol–water partition coefficient (Wildman–Crippen LogP) is 1.62. The molecular weight excluding hydrogens is 242 g/mol. The molecule has 1 fully saturated rings. The molecule has 0 spiro atoms. The molecule has 0 unspecified atom stereocenters. The van der Waals surface area contributed by atoms with Crippen molar-refractivity contribution in [3.8, 4) is 0 Å². The molecule has 0 aliphatic heterocycles. The highest BCUT2D eigenvalue weighted by Crippen LogP contribution is 2.40. The topological polar surface area (TPSA) is 67.2 Å². The Hall–Kier alpha value is -1.88. The summed E-state index contributed by atoms with van der Waals surface area (Å²) >= 11 is 0. The first-order valence-electron chi connectivity index (χ1n) is 6.53. The smallest absolute Gasteiger partial charge is 0.317 e. The highest BCUT2D eigenvalue weighted by molar-refractivity contribution is 5.77. The summed E-state index contributed by atoms with van der Waals surface area (Å²) in [7, 11) is 2.06. The minimum absolute atomic E-state index is 0.0203. The molecule has 1 aromatic carbocycles. The van der Waals surface area contributed by atoms with E-state index in [9.17, 15) is 4.79 Å². The van der Waals surface area contributed by atoms with Gasteiger partial charge in [0.25, 0.3) is 0 Å². The van der Waals surface area contributed by atoms with Gasteiger partial charge in [0.1, 0.15) is 5.82 Å². The maximum absolute atomic E-state index is 10.5. The van der Waals surface area contributed by atoms with Gasteiger partial charge in [0.15, 0.2) is 0 Å². The molecule has 0 saturated heterocycles. The van der Waals surface area contributed by atoms with Crippen LogP contribution in [0.3, 0.4) is 0 Å². The van der Waals surface area contributed by atoms with Crippen molar-refractivity contribution in [1.82, 2.24) is 14.9 Å². The van der Waals surface area contributed by atoms with Gasteiger partial charge in [0.05, 0.1) is 17.6 Å². The van der Waals surface area contributed by atoms with E-state index in [2.05, 4.69) is 23.0 Å². The summed E-state index contributed by atoms with van der Waals surface area (Å²) in [5, 5.41) is 11.5. The highest BCUT2D eigenvalue weighted by Gasteiger charge is 2.28. The molecular formula is C14H17N3O2. The summed E-state index contributed by atoms with van der Waals surface area (Å²) in [6.07, 6.45) is 2.48. The Morgan fingerprint density at radius 2 is 2.32 bits per heavy atom. The fourth-order valence-corrected chi connectivity index (χ4v) is 2.39. The average Bonchev–Trinajstić information content (AvgIpc) is 3.15. The monoisotopic (exact) mass is 259 g/mol. The second-order valence-corrected chi connectivity index (χ2v) is 5.12. The van der Waals surface area contributed by atoms with Gasteiger partial charge in [-0.2, -0.15) is 0 Å². The second kappa shape index (κ2) is 4.66. The molecule has 1 aromatic heterocycles. The lowest BCUT2D eigenvalue weighted by Gasteiger charge is -2.03. The van der Waals surface area contributed by atoms with Crippen molar-refractivity contribution in [2.45, 2.75) is 25.3 Å². The minimum Gasteiger partial charge on any atom is -0.480 e. The number of benzene rings is 1. The van der Waals surface area contributed by atoms with Crippen LogP contribution in [0.15, 0.2) is 18.2 Å². The van der Waals surface area contributed by atoms with E-state index in [0.717, 1.165) is 16.6 Å². The maximum Gasteiger partial charge on any atom is 0.317 e. The quantitative estimate of drug-likeness (QED) is 0.856. The second-order valence-electron chi connectivity index (χ2n) is 5.12. The molecule has 1 aliphatic rings. The van der Waals surface area contributed by atoms with Crippen molar-refractivity contribution in [3.05, 3.63) is 29.6 Å². The first kappa shape index (κ1) is 12.2. The average molecular weight is 259 g/mol. The number of aryl methyl sites for hydroxylation is 1. The molecule has 0 radical (unpaired) electrons. The molecule has 3 rings (SSSR count). The highest BCUT2D eigenvalue weighted by atomic mass is 16.4. The molecule has 2 aromatic rings. The number of hydrogen-bond donors (Lipinski definition) is 2. The van der Waals surface area contributed by atoms with Crippen LogP contribution in [0, 0.1) is 0 Å². The Morgan fingerprint density at radius 1 is 1.53 bits per heavy atom. The van der Waals surface area contributed by atoms with Crippen molar-refractivity contribution in [2.75, 3.05) is 6.54 Å². The third kappa shape index (κ3) is 2.46. The third-order valence-electron chi connectivity index (χ3n) is 3.53. The number of fused-ring (bicyclic) bond motifs is 1. The predicted molar refractivity (Wildman–Crippen MR) is 72.0 cm³/mol. The van der Waals surface area contributed by atoms with Gasteiger partial charge in [-0.3, -0.25) is 4.79 Å². The van der Waals surface area contributed by atoms with Crippen molar-refractivity contribution in [1.29, 1.82) is 0 Å². The first-order chi connectivity index (χ1) is 9.15. The molecule has 5 nitrogen and oxygen atoms in total. The largest absolute Gasteiger partial charge is 0.480 e. The number of hydrogen-bond acceptors (Lipinski definition) is 3. The van der Waals surface area contributed by atoms with Gasteiger partial charge in [-0.1, -0.05) is 6.07 Å². The number of rotatable bonds is 5. The van der Waals surface area contributed by atoms with Crippen molar-refractivity contribution in [3.63, 3.8) is 0 Å². The zero-order valence-electron chi connectivity index (χ0n) is 10.9. The Labute approximate surface area is 111 Å². The third-order valence-corrected chi connectivity index (χ3v) is 3.53. The summed E-state index contributed by atoms with van der Waals surface area (Å²) in [5.74, 6) is 0.964. The van der Waals surface area contributed by atoms with E-state index in [0.29, 0.717) is 12.5 Å². The van der Waals surface area contributed by atoms with Gasteiger partial charge in [0.2, 0.25) is 0 Å². The van der Waals surface area contributed by atoms with E-state index in [4.69, 9.17) is 10.1 Å². The van der Waals surface area contributed by atoms with E-state index in [1.807, 2.05) is 12.1 Å². The molecule has 0 amide bonds. The number of aromatic nitrogens is 2. The van der Waals surface area contributed by atoms with Crippen molar-refractivity contribution >= 4 is 17.0 Å². The van der Waals surface area contributed by atoms with Crippen LogP contribution < -0.4 is 5.32 Å². The zero-order chi connectivity index (χ0) is 13.4. The zero-order valence-corrected chi connectivity index (χ0v) is 10.9. The number of aliphatic carboxylic acids is 1. The van der Waals surface area contributed by atoms with Crippen LogP contribution in [-0.4, -0.2) is 27.2 Å². The summed E-state index contributed by atoms with van der Waals surface area (Å²) in [6, 6.07) is 6.12. The molecule has 1 saturated carbocycles. The van der Waals surface area contributed by atoms with E-state index in [-0.39, 0.29) is 6.54 Å². The van der Waals surface area contributed by atoms with Crippen LogP contribution in [-0.2, 0) is 18.4 Å². The molecule has 0 atom stereocenters. The van der Waals surface area contributed by atoms with Gasteiger partial charge < -0.3 is 15.0 Å².